The third-order valence-corrected chi connectivity index (χ3v) is 4.27. The van der Waals surface area contributed by atoms with Crippen LogP contribution in [0.15, 0.2) is 36.9 Å². The molecule has 1 amide bonds. The second kappa shape index (κ2) is 7.31. The van der Waals surface area contributed by atoms with Gasteiger partial charge in [0.15, 0.2) is 5.12 Å². The molecule has 5 heteroatoms. The summed E-state index contributed by atoms with van der Waals surface area (Å²) in [6.07, 6.45) is 2.18. The minimum Gasteiger partial charge on any atom is -0.489 e. The van der Waals surface area contributed by atoms with Gasteiger partial charge in [0, 0.05) is 37.4 Å². The molecule has 1 unspecified atom stereocenters. The predicted molar refractivity (Wildman–Crippen MR) is 85.7 cm³/mol. The lowest BCUT2D eigenvalue weighted by Gasteiger charge is -2.17. The van der Waals surface area contributed by atoms with Crippen LogP contribution in [0.4, 0.5) is 5.69 Å². The fourth-order valence-electron chi connectivity index (χ4n) is 2.27. The van der Waals surface area contributed by atoms with Gasteiger partial charge in [-0.05, 0) is 18.1 Å². The van der Waals surface area contributed by atoms with E-state index in [1.54, 1.807) is 17.9 Å². The second-order valence-corrected chi connectivity index (χ2v) is 6.17. The number of hydrogen-bond donors (Lipinski definition) is 0. The maximum absolute atomic E-state index is 12.1. The lowest BCUT2D eigenvalue weighted by atomic mass is 10.1. The summed E-state index contributed by atoms with van der Waals surface area (Å²) in [5.74, 6) is 1.75. The fraction of sp³-hybridized carbons (Fsp3) is 0.375. The van der Waals surface area contributed by atoms with Crippen LogP contribution in [0.1, 0.15) is 13.3 Å². The number of anilines is 1. The number of ether oxygens (including phenoxy) is 1. The van der Waals surface area contributed by atoms with E-state index in [1.807, 2.05) is 24.3 Å². The topological polar surface area (TPSA) is 46.6 Å². The maximum atomic E-state index is 12.1. The molecule has 0 aromatic heterocycles. The van der Waals surface area contributed by atoms with E-state index in [-0.39, 0.29) is 16.9 Å². The Morgan fingerprint density at radius 1 is 1.57 bits per heavy atom. The molecule has 1 aliphatic heterocycles. The van der Waals surface area contributed by atoms with E-state index < -0.39 is 0 Å². The van der Waals surface area contributed by atoms with E-state index in [9.17, 15) is 9.59 Å². The molecule has 2 rings (SSSR count). The van der Waals surface area contributed by atoms with Crippen LogP contribution in [-0.4, -0.2) is 29.9 Å². The Hall–Kier alpha value is -1.75. The van der Waals surface area contributed by atoms with Gasteiger partial charge in [-0.25, -0.2) is 0 Å². The first-order valence-electron chi connectivity index (χ1n) is 6.87. The van der Waals surface area contributed by atoms with Gasteiger partial charge in [0.1, 0.15) is 12.4 Å². The monoisotopic (exact) mass is 305 g/mol. The molecule has 1 aromatic rings. The molecule has 1 fully saturated rings. The van der Waals surface area contributed by atoms with Crippen LogP contribution in [0.3, 0.4) is 0 Å². The van der Waals surface area contributed by atoms with E-state index in [1.165, 1.54) is 11.8 Å². The Morgan fingerprint density at radius 2 is 2.38 bits per heavy atom. The van der Waals surface area contributed by atoms with Crippen molar-refractivity contribution in [3.63, 3.8) is 0 Å². The van der Waals surface area contributed by atoms with E-state index in [4.69, 9.17) is 4.74 Å². The summed E-state index contributed by atoms with van der Waals surface area (Å²) in [5.41, 5.74) is 0.844. The van der Waals surface area contributed by atoms with Crippen LogP contribution in [0, 0.1) is 5.92 Å². The van der Waals surface area contributed by atoms with Gasteiger partial charge in [-0.3, -0.25) is 9.59 Å². The second-order valence-electron chi connectivity index (χ2n) is 4.97. The number of rotatable bonds is 6. The number of hydrogen-bond acceptors (Lipinski definition) is 4. The largest absolute Gasteiger partial charge is 0.489 e. The summed E-state index contributed by atoms with van der Waals surface area (Å²) in [6.45, 7) is 6.26. The van der Waals surface area contributed by atoms with Crippen molar-refractivity contribution in [2.75, 3.05) is 23.8 Å². The summed E-state index contributed by atoms with van der Waals surface area (Å²) in [6, 6.07) is 7.50. The number of thioether (sulfide) groups is 1. The van der Waals surface area contributed by atoms with E-state index >= 15 is 0 Å². The summed E-state index contributed by atoms with van der Waals surface area (Å²) in [4.78, 5) is 24.9. The summed E-state index contributed by atoms with van der Waals surface area (Å²) in [7, 11) is 0. The zero-order chi connectivity index (χ0) is 15.2. The smallest absolute Gasteiger partial charge is 0.227 e. The van der Waals surface area contributed by atoms with Gasteiger partial charge in [0.25, 0.3) is 0 Å². The molecular formula is C16H19NO3S. The van der Waals surface area contributed by atoms with Crippen molar-refractivity contribution in [3.05, 3.63) is 36.9 Å². The van der Waals surface area contributed by atoms with Crippen LogP contribution >= 0.6 is 11.8 Å². The van der Waals surface area contributed by atoms with Gasteiger partial charge >= 0.3 is 0 Å². The van der Waals surface area contributed by atoms with Crippen molar-refractivity contribution in [3.8, 4) is 5.75 Å². The molecule has 0 saturated carbocycles. The molecule has 112 valence electrons. The number of nitrogens with zero attached hydrogens (tertiary/aromatic N) is 1. The number of carbonyl (C=O) groups is 2. The summed E-state index contributed by atoms with van der Waals surface area (Å²) < 4.78 is 5.49. The van der Waals surface area contributed by atoms with Gasteiger partial charge in [0.05, 0.1) is 0 Å². The van der Waals surface area contributed by atoms with Crippen molar-refractivity contribution in [2.45, 2.75) is 13.3 Å². The fourth-order valence-corrected chi connectivity index (χ4v) is 2.97. The highest BCUT2D eigenvalue weighted by Crippen LogP contribution is 2.29. The molecule has 1 saturated heterocycles. The highest BCUT2D eigenvalue weighted by Gasteiger charge is 2.30. The predicted octanol–water partition coefficient (Wildman–Crippen LogP) is 2.88. The molecule has 1 heterocycles. The van der Waals surface area contributed by atoms with E-state index in [0.29, 0.717) is 25.3 Å². The Balaban J connectivity index is 2.02. The van der Waals surface area contributed by atoms with Crippen LogP contribution < -0.4 is 9.64 Å². The Morgan fingerprint density at radius 3 is 3.10 bits per heavy atom. The highest BCUT2D eigenvalue weighted by molar-refractivity contribution is 8.13. The molecule has 0 bridgehead atoms. The van der Waals surface area contributed by atoms with Gasteiger partial charge < -0.3 is 9.64 Å². The van der Waals surface area contributed by atoms with Crippen LogP contribution in [0.2, 0.25) is 0 Å². The van der Waals surface area contributed by atoms with Crippen molar-refractivity contribution < 1.29 is 14.3 Å². The molecule has 1 aliphatic rings. The Kier molecular flexibility index (Phi) is 5.44. The summed E-state index contributed by atoms with van der Waals surface area (Å²) in [5, 5.41) is 0.0979. The van der Waals surface area contributed by atoms with Gasteiger partial charge in [0.2, 0.25) is 5.91 Å². The highest BCUT2D eigenvalue weighted by atomic mass is 32.2. The average molecular weight is 305 g/mol. The van der Waals surface area contributed by atoms with Crippen molar-refractivity contribution in [1.29, 1.82) is 0 Å². The molecule has 1 atom stereocenters. The van der Waals surface area contributed by atoms with Crippen LogP contribution in [0.5, 0.6) is 5.75 Å². The number of amides is 1. The first-order valence-corrected chi connectivity index (χ1v) is 7.86. The molecule has 4 nitrogen and oxygen atoms in total. The molecule has 0 N–H and O–H groups in total. The van der Waals surface area contributed by atoms with Crippen molar-refractivity contribution >= 4 is 28.5 Å². The molecule has 0 aliphatic carbocycles. The molecular weight excluding hydrogens is 286 g/mol. The SMILES string of the molecule is C=CCOc1cccc(N2CC(CSC(C)=O)CC2=O)c1. The third-order valence-electron chi connectivity index (χ3n) is 3.22. The van der Waals surface area contributed by atoms with Gasteiger partial charge in [-0.15, -0.1) is 0 Å². The maximum Gasteiger partial charge on any atom is 0.227 e. The van der Waals surface area contributed by atoms with Crippen LogP contribution in [0.25, 0.3) is 0 Å². The average Bonchev–Trinajstić information content (AvgIpc) is 2.84. The summed E-state index contributed by atoms with van der Waals surface area (Å²) >= 11 is 1.29. The standard InChI is InChI=1S/C16H19NO3S/c1-3-7-20-15-6-4-5-14(9-15)17-10-13(8-16(17)19)11-21-12(2)18/h3-6,9,13H,1,7-8,10-11H2,2H3. The molecule has 21 heavy (non-hydrogen) atoms. The van der Waals surface area contributed by atoms with E-state index in [2.05, 4.69) is 6.58 Å². The Bertz CT molecular complexity index is 544. The third kappa shape index (κ3) is 4.36. The van der Waals surface area contributed by atoms with E-state index in [0.717, 1.165) is 11.4 Å². The molecule has 1 aromatic carbocycles. The minimum absolute atomic E-state index is 0.0979. The van der Waals surface area contributed by atoms with Gasteiger partial charge in [-0.1, -0.05) is 30.5 Å². The normalized spacial score (nSPS) is 17.9. The van der Waals surface area contributed by atoms with Crippen LogP contribution in [-0.2, 0) is 9.59 Å². The lowest BCUT2D eigenvalue weighted by molar-refractivity contribution is -0.117. The zero-order valence-electron chi connectivity index (χ0n) is 12.1. The first kappa shape index (κ1) is 15.6. The minimum atomic E-state index is 0.0979. The van der Waals surface area contributed by atoms with Crippen molar-refractivity contribution in [2.24, 2.45) is 5.92 Å². The Labute approximate surface area is 129 Å². The molecule has 0 spiro atoms. The van der Waals surface area contributed by atoms with Gasteiger partial charge in [-0.2, -0.15) is 0 Å². The lowest BCUT2D eigenvalue weighted by Crippen LogP contribution is -2.24. The first-order chi connectivity index (χ1) is 10.1. The number of benzene rings is 1. The number of carbonyl (C=O) groups excluding carboxylic acids is 2. The zero-order valence-corrected chi connectivity index (χ0v) is 12.9. The van der Waals surface area contributed by atoms with Crippen molar-refractivity contribution in [1.82, 2.24) is 0 Å². The quantitative estimate of drug-likeness (QED) is 0.758. The molecule has 0 radical (unpaired) electrons.